The highest BCUT2D eigenvalue weighted by atomic mass is 16.4. The maximum absolute atomic E-state index is 12.9. The third kappa shape index (κ3) is 12.7. The number of nitrogens with two attached hydrogens (primary N) is 2. The fourth-order valence-electron chi connectivity index (χ4n) is 3.07. The molecule has 13 nitrogen and oxygen atoms in total. The number of hydrogen-bond acceptors (Lipinski definition) is 7. The first-order chi connectivity index (χ1) is 15.6. The van der Waals surface area contributed by atoms with Gasteiger partial charge in [-0.05, 0) is 31.1 Å². The molecule has 0 aromatic carbocycles. The Hall–Kier alpha value is -3.22. The van der Waals surface area contributed by atoms with E-state index in [2.05, 4.69) is 10.6 Å². The Morgan fingerprint density at radius 2 is 1.21 bits per heavy atom. The van der Waals surface area contributed by atoms with Gasteiger partial charge in [0.1, 0.15) is 18.1 Å². The number of primary amides is 1. The van der Waals surface area contributed by atoms with Crippen molar-refractivity contribution < 1.29 is 39.0 Å². The molecule has 0 saturated carbocycles. The van der Waals surface area contributed by atoms with E-state index in [9.17, 15) is 28.8 Å². The van der Waals surface area contributed by atoms with E-state index in [1.807, 2.05) is 33.0 Å². The molecule has 194 valence electrons. The molecule has 4 amide bonds. The lowest BCUT2D eigenvalue weighted by atomic mass is 10.00. The number of carboxylic acid groups (broad SMARTS) is 2. The van der Waals surface area contributed by atoms with Gasteiger partial charge in [-0.2, -0.15) is 0 Å². The first-order valence-electron chi connectivity index (χ1n) is 11.0. The molecule has 9 N–H and O–H groups in total. The van der Waals surface area contributed by atoms with Gasteiger partial charge in [0.25, 0.3) is 0 Å². The molecule has 34 heavy (non-hydrogen) atoms. The van der Waals surface area contributed by atoms with Crippen molar-refractivity contribution >= 4 is 35.6 Å². The summed E-state index contributed by atoms with van der Waals surface area (Å²) in [4.78, 5) is 71.4. The Morgan fingerprint density at radius 3 is 1.65 bits per heavy atom. The second-order valence-corrected chi connectivity index (χ2v) is 8.99. The van der Waals surface area contributed by atoms with Crippen molar-refractivity contribution in [1.82, 2.24) is 16.0 Å². The van der Waals surface area contributed by atoms with E-state index >= 15 is 0 Å². The molecule has 0 fully saturated rings. The first kappa shape index (κ1) is 30.8. The van der Waals surface area contributed by atoms with Crippen LogP contribution < -0.4 is 27.4 Å². The summed E-state index contributed by atoms with van der Waals surface area (Å²) in [5, 5.41) is 25.0. The maximum atomic E-state index is 12.9. The van der Waals surface area contributed by atoms with Crippen LogP contribution in [0.5, 0.6) is 0 Å². The number of carbonyl (C=O) groups is 6. The molecular formula is C21H37N5O8. The molecular weight excluding hydrogens is 450 g/mol. The van der Waals surface area contributed by atoms with E-state index < -0.39 is 66.2 Å². The summed E-state index contributed by atoms with van der Waals surface area (Å²) in [5.41, 5.74) is 11.0. The van der Waals surface area contributed by atoms with Crippen LogP contribution >= 0.6 is 0 Å². The Kier molecular flexibility index (Phi) is 13.4. The van der Waals surface area contributed by atoms with Crippen LogP contribution in [0, 0.1) is 11.8 Å². The van der Waals surface area contributed by atoms with Gasteiger partial charge in [-0.15, -0.1) is 0 Å². The number of nitrogens with one attached hydrogen (secondary N) is 3. The molecule has 4 atom stereocenters. The Labute approximate surface area is 198 Å². The molecule has 13 heteroatoms. The lowest BCUT2D eigenvalue weighted by molar-refractivity contribution is -0.147. The minimum absolute atomic E-state index is 0.0257. The van der Waals surface area contributed by atoms with E-state index in [4.69, 9.17) is 21.7 Å². The van der Waals surface area contributed by atoms with E-state index in [-0.39, 0.29) is 31.1 Å². The highest BCUT2D eigenvalue weighted by Crippen LogP contribution is 2.09. The van der Waals surface area contributed by atoms with Crippen LogP contribution in [0.15, 0.2) is 0 Å². The number of aliphatic carboxylic acids is 2. The second-order valence-electron chi connectivity index (χ2n) is 8.99. The Balaban J connectivity index is 5.59. The van der Waals surface area contributed by atoms with Crippen LogP contribution in [-0.4, -0.2) is 69.9 Å². The van der Waals surface area contributed by atoms with E-state index in [1.54, 1.807) is 0 Å². The summed E-state index contributed by atoms with van der Waals surface area (Å²) in [6, 6.07) is -5.04. The average Bonchev–Trinajstić information content (AvgIpc) is 2.68. The van der Waals surface area contributed by atoms with Crippen LogP contribution in [0.2, 0.25) is 0 Å². The molecule has 0 aromatic rings. The molecule has 0 heterocycles. The van der Waals surface area contributed by atoms with Crippen molar-refractivity contribution in [3.05, 3.63) is 0 Å². The lowest BCUT2D eigenvalue weighted by Gasteiger charge is -2.26. The minimum atomic E-state index is -1.75. The van der Waals surface area contributed by atoms with Crippen LogP contribution in [0.25, 0.3) is 0 Å². The maximum Gasteiger partial charge on any atom is 0.326 e. The van der Waals surface area contributed by atoms with Crippen LogP contribution in [0.1, 0.15) is 59.8 Å². The first-order valence-corrected chi connectivity index (χ1v) is 11.0. The van der Waals surface area contributed by atoms with Gasteiger partial charge in [-0.25, -0.2) is 4.79 Å². The normalized spacial score (nSPS) is 14.6. The average molecular weight is 488 g/mol. The van der Waals surface area contributed by atoms with Crippen LogP contribution in [-0.2, 0) is 28.8 Å². The zero-order valence-electron chi connectivity index (χ0n) is 20.0. The molecule has 0 aromatic heterocycles. The summed E-state index contributed by atoms with van der Waals surface area (Å²) >= 11 is 0. The van der Waals surface area contributed by atoms with E-state index in [1.165, 1.54) is 0 Å². The largest absolute Gasteiger partial charge is 0.481 e. The summed E-state index contributed by atoms with van der Waals surface area (Å²) in [7, 11) is 0. The number of rotatable bonds is 16. The van der Waals surface area contributed by atoms with Gasteiger partial charge >= 0.3 is 11.9 Å². The Bertz CT molecular complexity index is 755. The van der Waals surface area contributed by atoms with Crippen molar-refractivity contribution in [1.29, 1.82) is 0 Å². The molecule has 0 aliphatic carbocycles. The standard InChI is InChI=1S/C21H37N5O8/c1-10(2)7-12(22)18(30)25-14(8-11(3)4)20(32)24-13(5-6-16(23)27)19(31)26-15(21(33)34)9-17(28)29/h10-15H,5-9,22H2,1-4H3,(H2,23,27)(H,24,32)(H,25,30)(H,26,31)(H,28,29)(H,33,34). The van der Waals surface area contributed by atoms with Gasteiger partial charge in [0.2, 0.25) is 23.6 Å². The number of carboxylic acids is 2. The zero-order valence-corrected chi connectivity index (χ0v) is 20.0. The summed E-state index contributed by atoms with van der Waals surface area (Å²) in [5.74, 6) is -5.97. The monoisotopic (exact) mass is 487 g/mol. The fourth-order valence-corrected chi connectivity index (χ4v) is 3.07. The third-order valence-corrected chi connectivity index (χ3v) is 4.71. The van der Waals surface area contributed by atoms with Crippen molar-refractivity contribution in [2.45, 2.75) is 84.0 Å². The highest BCUT2D eigenvalue weighted by Gasteiger charge is 2.31. The number of hydrogen-bond donors (Lipinski definition) is 7. The van der Waals surface area contributed by atoms with E-state index in [0.29, 0.717) is 6.42 Å². The van der Waals surface area contributed by atoms with Gasteiger partial charge in [-0.1, -0.05) is 27.7 Å². The van der Waals surface area contributed by atoms with Gasteiger partial charge in [0.05, 0.1) is 12.5 Å². The van der Waals surface area contributed by atoms with Gasteiger partial charge < -0.3 is 37.6 Å². The van der Waals surface area contributed by atoms with Crippen molar-refractivity contribution in [2.75, 3.05) is 0 Å². The van der Waals surface area contributed by atoms with Gasteiger partial charge in [0, 0.05) is 6.42 Å². The molecule has 4 unspecified atom stereocenters. The quantitative estimate of drug-likeness (QED) is 0.137. The second kappa shape index (κ2) is 14.8. The molecule has 0 spiro atoms. The predicted molar refractivity (Wildman–Crippen MR) is 121 cm³/mol. The summed E-state index contributed by atoms with van der Waals surface area (Å²) in [6.45, 7) is 7.42. The Morgan fingerprint density at radius 1 is 0.735 bits per heavy atom. The minimum Gasteiger partial charge on any atom is -0.481 e. The summed E-state index contributed by atoms with van der Waals surface area (Å²) < 4.78 is 0. The molecule has 0 rings (SSSR count). The lowest BCUT2D eigenvalue weighted by Crippen LogP contribution is -2.57. The molecule has 0 aliphatic heterocycles. The zero-order chi connectivity index (χ0) is 26.6. The molecule has 0 aliphatic rings. The highest BCUT2D eigenvalue weighted by molar-refractivity contribution is 5.94. The number of carbonyl (C=O) groups excluding carboxylic acids is 4. The van der Waals surface area contributed by atoms with Crippen molar-refractivity contribution in [3.63, 3.8) is 0 Å². The third-order valence-electron chi connectivity index (χ3n) is 4.71. The summed E-state index contributed by atoms with van der Waals surface area (Å²) in [6.07, 6.45) is -0.854. The fraction of sp³-hybridized carbons (Fsp3) is 0.714. The number of amides is 4. The smallest absolute Gasteiger partial charge is 0.326 e. The van der Waals surface area contributed by atoms with E-state index in [0.717, 1.165) is 0 Å². The van der Waals surface area contributed by atoms with Crippen LogP contribution in [0.3, 0.4) is 0 Å². The predicted octanol–water partition coefficient (Wildman–Crippen LogP) is -1.31. The molecule has 0 radical (unpaired) electrons. The molecule has 0 bridgehead atoms. The van der Waals surface area contributed by atoms with Gasteiger partial charge in [-0.3, -0.25) is 24.0 Å². The van der Waals surface area contributed by atoms with Crippen LogP contribution in [0.4, 0.5) is 0 Å². The SMILES string of the molecule is CC(C)CC(N)C(=O)NC(CC(C)C)C(=O)NC(CCC(N)=O)C(=O)NC(CC(=O)O)C(=O)O. The topological polar surface area (TPSA) is 231 Å². The molecule has 0 saturated heterocycles. The van der Waals surface area contributed by atoms with Crippen molar-refractivity contribution in [3.8, 4) is 0 Å². The van der Waals surface area contributed by atoms with Crippen molar-refractivity contribution in [2.24, 2.45) is 23.3 Å². The van der Waals surface area contributed by atoms with Gasteiger partial charge in [0.15, 0.2) is 0 Å².